The highest BCUT2D eigenvalue weighted by molar-refractivity contribution is 7.99. The molecule has 0 aromatic heterocycles. The Morgan fingerprint density at radius 3 is 1.37 bits per heavy atom. The largest absolute Gasteiger partial charge is 0.457 e. The minimum Gasteiger partial charge on any atom is -0.457 e. The van der Waals surface area contributed by atoms with E-state index in [-0.39, 0.29) is 0 Å². The molecule has 0 radical (unpaired) electrons. The molecule has 0 saturated heterocycles. The molecular weight excluding hydrogens is 879 g/mol. The molecule has 71 heavy (non-hydrogen) atoms. The molecular formula is C68H43NOS. The minimum atomic E-state index is -0.622. The van der Waals surface area contributed by atoms with Crippen molar-refractivity contribution in [3.63, 3.8) is 0 Å². The number of rotatable bonds is 5. The summed E-state index contributed by atoms with van der Waals surface area (Å²) in [7, 11) is 0. The second-order valence-electron chi connectivity index (χ2n) is 19.0. The molecule has 3 heteroatoms. The zero-order valence-corrected chi connectivity index (χ0v) is 39.4. The van der Waals surface area contributed by atoms with E-state index in [9.17, 15) is 0 Å². The van der Waals surface area contributed by atoms with Crippen LogP contribution in [0.15, 0.2) is 271 Å². The van der Waals surface area contributed by atoms with Gasteiger partial charge in [0.15, 0.2) is 0 Å². The van der Waals surface area contributed by atoms with Crippen LogP contribution in [0, 0.1) is 0 Å². The van der Waals surface area contributed by atoms with Crippen LogP contribution in [-0.2, 0) is 10.8 Å². The van der Waals surface area contributed by atoms with Crippen molar-refractivity contribution in [3.8, 4) is 56.0 Å². The van der Waals surface area contributed by atoms with Crippen molar-refractivity contribution in [2.24, 2.45) is 0 Å². The number of fused-ring (bicyclic) bond motifs is 18. The Morgan fingerprint density at radius 1 is 0.296 bits per heavy atom. The Hall–Kier alpha value is -8.63. The Morgan fingerprint density at radius 2 is 0.732 bits per heavy atom. The predicted molar refractivity (Wildman–Crippen MR) is 291 cm³/mol. The highest BCUT2D eigenvalue weighted by Crippen LogP contribution is 2.67. The topological polar surface area (TPSA) is 12.5 Å². The third-order valence-electron chi connectivity index (χ3n) is 15.6. The first-order chi connectivity index (χ1) is 35.2. The SMILES string of the molecule is c1ccc(-c2ccc(-c3ccc(N(c4cccc5c4-c4ccccc4C54c5ccccc5Oc5ccccc54)c4cccc5c4C4(c6ccccc6Sc6ccccc64)c4ccccc4-5)cc3)cc2)cc1. The van der Waals surface area contributed by atoms with E-state index in [1.54, 1.807) is 0 Å². The van der Waals surface area contributed by atoms with E-state index >= 15 is 0 Å². The van der Waals surface area contributed by atoms with Crippen molar-refractivity contribution >= 4 is 28.8 Å². The zero-order valence-electron chi connectivity index (χ0n) is 38.6. The first-order valence-electron chi connectivity index (χ1n) is 24.5. The van der Waals surface area contributed by atoms with Gasteiger partial charge in [0.2, 0.25) is 0 Å². The fraction of sp³-hybridized carbons (Fsp3) is 0.0294. The average molecular weight is 922 g/mol. The van der Waals surface area contributed by atoms with Gasteiger partial charge in [0.1, 0.15) is 11.5 Å². The number of benzene rings is 11. The van der Waals surface area contributed by atoms with E-state index in [1.807, 2.05) is 11.8 Å². The second-order valence-corrected chi connectivity index (χ2v) is 20.1. The first-order valence-corrected chi connectivity index (χ1v) is 25.3. The van der Waals surface area contributed by atoms with Crippen molar-refractivity contribution < 1.29 is 4.74 Å². The van der Waals surface area contributed by atoms with Gasteiger partial charge in [-0.1, -0.05) is 224 Å². The second kappa shape index (κ2) is 15.4. The summed E-state index contributed by atoms with van der Waals surface area (Å²) in [6.07, 6.45) is 0. The lowest BCUT2D eigenvalue weighted by atomic mass is 9.66. The smallest absolute Gasteiger partial charge is 0.132 e. The van der Waals surface area contributed by atoms with E-state index in [4.69, 9.17) is 4.74 Å². The van der Waals surface area contributed by atoms with Gasteiger partial charge in [-0.25, -0.2) is 0 Å². The zero-order chi connectivity index (χ0) is 46.7. The van der Waals surface area contributed by atoms with Crippen LogP contribution in [0.1, 0.15) is 44.5 Å². The number of anilines is 3. The van der Waals surface area contributed by atoms with E-state index in [2.05, 4.69) is 266 Å². The van der Waals surface area contributed by atoms with Gasteiger partial charge in [-0.2, -0.15) is 0 Å². The van der Waals surface area contributed by atoms with E-state index < -0.39 is 10.8 Å². The Kier molecular flexibility index (Phi) is 8.76. The molecule has 0 amide bonds. The maximum atomic E-state index is 6.78. The maximum absolute atomic E-state index is 6.78. The highest BCUT2D eigenvalue weighted by Gasteiger charge is 2.54. The summed E-state index contributed by atoms with van der Waals surface area (Å²) in [4.78, 5) is 5.16. The van der Waals surface area contributed by atoms with Crippen molar-refractivity contribution in [1.82, 2.24) is 0 Å². The molecule has 0 fully saturated rings. The molecule has 0 N–H and O–H groups in total. The van der Waals surface area contributed by atoms with Gasteiger partial charge in [-0.15, -0.1) is 0 Å². The van der Waals surface area contributed by atoms with Crippen molar-refractivity contribution in [2.75, 3.05) is 4.90 Å². The summed E-state index contributed by atoms with van der Waals surface area (Å²) >= 11 is 1.88. The van der Waals surface area contributed by atoms with Gasteiger partial charge in [-0.3, -0.25) is 0 Å². The summed E-state index contributed by atoms with van der Waals surface area (Å²) < 4.78 is 6.78. The molecule has 0 unspecified atom stereocenters. The summed E-state index contributed by atoms with van der Waals surface area (Å²) in [5.41, 5.74) is 21.9. The van der Waals surface area contributed by atoms with Crippen molar-refractivity contribution in [1.29, 1.82) is 0 Å². The monoisotopic (exact) mass is 921 g/mol. The molecule has 0 atom stereocenters. The minimum absolute atomic E-state index is 0.602. The van der Waals surface area contributed by atoms with Gasteiger partial charge in [-0.05, 0) is 115 Å². The van der Waals surface area contributed by atoms with Crippen LogP contribution in [0.2, 0.25) is 0 Å². The van der Waals surface area contributed by atoms with Crippen LogP contribution in [0.4, 0.5) is 17.1 Å². The molecule has 4 aliphatic rings. The van der Waals surface area contributed by atoms with E-state index in [0.29, 0.717) is 0 Å². The molecule has 15 rings (SSSR count). The molecule has 2 nitrogen and oxygen atoms in total. The number of nitrogens with zero attached hydrogens (tertiary/aromatic N) is 1. The standard InChI is InChI=1S/C68H43NOS/c1-2-18-44(19-3-1)45-36-38-46(39-37-45)47-40-42-48(43-41-47)69(59-30-17-29-58-65(59)51-21-5-7-24-53(51)67(58)54-25-8-12-32-61(54)70-62-33-13-9-26-55(62)67)60-31-16-22-50-49-20-4-6-23-52(49)68(66(50)60)56-27-10-14-34-63(56)71-64-35-15-11-28-57(64)68/h1-43H. The number of hydrogen-bond donors (Lipinski definition) is 0. The maximum Gasteiger partial charge on any atom is 0.132 e. The molecule has 2 aliphatic heterocycles. The van der Waals surface area contributed by atoms with Crippen LogP contribution in [-0.4, -0.2) is 0 Å². The normalized spacial score (nSPS) is 14.2. The third kappa shape index (κ3) is 5.55. The lowest BCUT2D eigenvalue weighted by Gasteiger charge is -2.42. The van der Waals surface area contributed by atoms with Crippen molar-refractivity contribution in [3.05, 3.63) is 305 Å². The fourth-order valence-electron chi connectivity index (χ4n) is 12.8. The third-order valence-corrected chi connectivity index (χ3v) is 16.8. The molecule has 2 heterocycles. The van der Waals surface area contributed by atoms with Crippen LogP contribution >= 0.6 is 11.8 Å². The summed E-state index contributed by atoms with van der Waals surface area (Å²) in [5, 5.41) is 0. The van der Waals surface area contributed by atoms with Gasteiger partial charge >= 0.3 is 0 Å². The first kappa shape index (κ1) is 40.3. The molecule has 332 valence electrons. The van der Waals surface area contributed by atoms with Crippen LogP contribution < -0.4 is 9.64 Å². The molecule has 2 spiro atoms. The van der Waals surface area contributed by atoms with Crippen LogP contribution in [0.25, 0.3) is 44.5 Å². The van der Waals surface area contributed by atoms with Gasteiger partial charge in [0.25, 0.3) is 0 Å². The van der Waals surface area contributed by atoms with Crippen LogP contribution in [0.3, 0.4) is 0 Å². The Labute approximate surface area is 418 Å². The molecule has 0 bridgehead atoms. The average Bonchev–Trinajstić information content (AvgIpc) is 3.91. The summed E-state index contributed by atoms with van der Waals surface area (Å²) in [5.74, 6) is 1.77. The van der Waals surface area contributed by atoms with E-state index in [0.717, 1.165) is 39.7 Å². The predicted octanol–water partition coefficient (Wildman–Crippen LogP) is 17.8. The molecule has 0 saturated carbocycles. The van der Waals surface area contributed by atoms with E-state index in [1.165, 1.54) is 87.7 Å². The fourth-order valence-corrected chi connectivity index (χ4v) is 14.0. The summed E-state index contributed by atoms with van der Waals surface area (Å²) in [6.45, 7) is 0. The van der Waals surface area contributed by atoms with Gasteiger partial charge < -0.3 is 9.64 Å². The molecule has 2 aliphatic carbocycles. The number of para-hydroxylation sites is 2. The quantitative estimate of drug-likeness (QED) is 0.171. The van der Waals surface area contributed by atoms with Crippen molar-refractivity contribution in [2.45, 2.75) is 20.6 Å². The Balaban J connectivity index is 1.02. The summed E-state index contributed by atoms with van der Waals surface area (Å²) in [6, 6.07) is 96.7. The lowest BCUT2D eigenvalue weighted by molar-refractivity contribution is 0.436. The lowest BCUT2D eigenvalue weighted by Crippen LogP contribution is -2.33. The number of ether oxygens (including phenoxy) is 1. The molecule has 11 aromatic carbocycles. The van der Waals surface area contributed by atoms with Gasteiger partial charge in [0.05, 0.1) is 22.2 Å². The highest BCUT2D eigenvalue weighted by atomic mass is 32.2. The Bertz CT molecular complexity index is 3860. The molecule has 11 aromatic rings. The van der Waals surface area contributed by atoms with Gasteiger partial charge in [0, 0.05) is 37.7 Å². The van der Waals surface area contributed by atoms with Crippen LogP contribution in [0.5, 0.6) is 11.5 Å². The number of hydrogen-bond acceptors (Lipinski definition) is 3.